The lowest BCUT2D eigenvalue weighted by Crippen LogP contribution is -2.56. The Morgan fingerprint density at radius 2 is 1.97 bits per heavy atom. The van der Waals surface area contributed by atoms with Gasteiger partial charge in [-0.05, 0) is 69.2 Å². The Labute approximate surface area is 219 Å². The highest BCUT2D eigenvalue weighted by Gasteiger charge is 2.48. The van der Waals surface area contributed by atoms with Crippen LogP contribution in [-0.4, -0.2) is 42.8 Å². The molecule has 4 heterocycles. The third kappa shape index (κ3) is 4.33. The maximum Gasteiger partial charge on any atom is 0.217 e. The molecule has 4 atom stereocenters. The fraction of sp³-hybridized carbons (Fsp3) is 0.407. The van der Waals surface area contributed by atoms with Gasteiger partial charge >= 0.3 is 0 Å². The third-order valence-electron chi connectivity index (χ3n) is 7.43. The summed E-state index contributed by atoms with van der Waals surface area (Å²) in [6.45, 7) is 5.81. The minimum Gasteiger partial charge on any atom is -0.382 e. The fourth-order valence-electron chi connectivity index (χ4n) is 5.81. The molecule has 9 nitrogen and oxygen atoms in total. The van der Waals surface area contributed by atoms with Crippen LogP contribution in [0.5, 0.6) is 0 Å². The van der Waals surface area contributed by atoms with Crippen LogP contribution in [0.2, 0.25) is 0 Å². The predicted molar refractivity (Wildman–Crippen MR) is 142 cm³/mol. The van der Waals surface area contributed by atoms with Crippen molar-refractivity contribution >= 4 is 28.4 Å². The number of hydrogen-bond donors (Lipinski definition) is 2. The number of amides is 1. The summed E-state index contributed by atoms with van der Waals surface area (Å²) in [6.07, 6.45) is 6.72. The number of carbonyl (C=O) groups is 1. The summed E-state index contributed by atoms with van der Waals surface area (Å²) in [5.74, 6) is 1.53. The lowest BCUT2D eigenvalue weighted by atomic mass is 9.58. The molecular formula is C27H28N8OS. The third-order valence-corrected chi connectivity index (χ3v) is 8.55. The molecule has 0 saturated heterocycles. The van der Waals surface area contributed by atoms with Gasteiger partial charge in [0.05, 0.1) is 34.2 Å². The van der Waals surface area contributed by atoms with Crippen molar-refractivity contribution < 1.29 is 4.79 Å². The van der Waals surface area contributed by atoms with Crippen LogP contribution in [-0.2, 0) is 4.79 Å². The van der Waals surface area contributed by atoms with Crippen molar-refractivity contribution in [3.63, 3.8) is 0 Å². The van der Waals surface area contributed by atoms with E-state index in [-0.39, 0.29) is 11.9 Å². The molecule has 10 heteroatoms. The number of pyridine rings is 1. The molecule has 2 N–H and O–H groups in total. The first kappa shape index (κ1) is 23.6. The van der Waals surface area contributed by atoms with E-state index in [4.69, 9.17) is 4.98 Å². The highest BCUT2D eigenvalue weighted by atomic mass is 32.1. The van der Waals surface area contributed by atoms with Crippen LogP contribution >= 0.6 is 11.3 Å². The molecule has 4 aromatic rings. The molecule has 0 radical (unpaired) electrons. The van der Waals surface area contributed by atoms with Crippen LogP contribution in [0.15, 0.2) is 36.7 Å². The predicted octanol–water partition coefficient (Wildman–Crippen LogP) is 4.62. The second-order valence-electron chi connectivity index (χ2n) is 10.4. The Kier molecular flexibility index (Phi) is 5.88. The summed E-state index contributed by atoms with van der Waals surface area (Å²) in [4.78, 5) is 16.3. The van der Waals surface area contributed by atoms with Crippen molar-refractivity contribution in [2.45, 2.75) is 58.0 Å². The minimum absolute atomic E-state index is 0.0633. The Bertz CT molecular complexity index is 1520. The average Bonchev–Trinajstić information content (AvgIpc) is 3.54. The maximum atomic E-state index is 11.5. The van der Waals surface area contributed by atoms with E-state index in [9.17, 15) is 10.1 Å². The highest BCUT2D eigenvalue weighted by molar-refractivity contribution is 7.14. The molecule has 2 bridgehead atoms. The lowest BCUT2D eigenvalue weighted by molar-refractivity contribution is -0.122. The van der Waals surface area contributed by atoms with Crippen molar-refractivity contribution in [3.8, 4) is 28.0 Å². The Morgan fingerprint density at radius 1 is 1.16 bits per heavy atom. The number of nitrogens with zero attached hydrogens (tertiary/aromatic N) is 6. The number of nitriles is 1. The molecule has 3 aliphatic carbocycles. The fourth-order valence-corrected chi connectivity index (χ4v) is 6.81. The Hall–Kier alpha value is -3.84. The molecule has 37 heavy (non-hydrogen) atoms. The van der Waals surface area contributed by atoms with Crippen molar-refractivity contribution in [1.82, 2.24) is 30.1 Å². The maximum absolute atomic E-state index is 11.5. The molecule has 0 aliphatic heterocycles. The van der Waals surface area contributed by atoms with Crippen LogP contribution in [0, 0.1) is 23.2 Å². The molecule has 7 rings (SSSR count). The van der Waals surface area contributed by atoms with E-state index in [1.807, 2.05) is 30.5 Å². The van der Waals surface area contributed by atoms with Crippen LogP contribution in [0.3, 0.4) is 0 Å². The van der Waals surface area contributed by atoms with Gasteiger partial charge in [0.2, 0.25) is 5.91 Å². The number of aromatic nitrogens is 5. The highest BCUT2D eigenvalue weighted by Crippen LogP contribution is 2.52. The summed E-state index contributed by atoms with van der Waals surface area (Å²) >= 11 is 1.64. The molecule has 188 valence electrons. The first-order valence-corrected chi connectivity index (χ1v) is 13.5. The summed E-state index contributed by atoms with van der Waals surface area (Å²) in [7, 11) is 0. The number of nitrogens with one attached hydrogen (secondary N) is 2. The second kappa shape index (κ2) is 9.23. The largest absolute Gasteiger partial charge is 0.382 e. The molecule has 4 aromatic heterocycles. The zero-order chi connectivity index (χ0) is 25.7. The van der Waals surface area contributed by atoms with Gasteiger partial charge in [-0.1, -0.05) is 11.3 Å². The molecule has 2 unspecified atom stereocenters. The molecule has 3 fully saturated rings. The first-order chi connectivity index (χ1) is 17.9. The molecule has 3 aliphatic rings. The number of carbonyl (C=O) groups excluding carboxylic acids is 1. The van der Waals surface area contributed by atoms with Gasteiger partial charge < -0.3 is 10.6 Å². The number of rotatable bonds is 6. The monoisotopic (exact) mass is 512 g/mol. The number of anilines is 1. The van der Waals surface area contributed by atoms with Gasteiger partial charge in [0, 0.05) is 36.8 Å². The summed E-state index contributed by atoms with van der Waals surface area (Å²) in [5, 5.41) is 31.4. The lowest BCUT2D eigenvalue weighted by Gasteiger charge is -2.52. The Balaban J connectivity index is 1.28. The quantitative estimate of drug-likeness (QED) is 0.386. The SMILES string of the molecule is CC(=O)NC1[C@@H]2CC(c3nnc(-c4cnc(-c5ccc6cc(C#N)cnn56)cc4NC(C)C)s3)C[C@H]1C2. The number of hydrogen-bond acceptors (Lipinski definition) is 8. The van der Waals surface area contributed by atoms with Crippen LogP contribution in [0.4, 0.5) is 5.69 Å². The van der Waals surface area contributed by atoms with Crippen molar-refractivity contribution in [2.24, 2.45) is 11.8 Å². The minimum atomic E-state index is 0.0633. The molecule has 0 spiro atoms. The molecule has 1 amide bonds. The van der Waals surface area contributed by atoms with E-state index in [0.717, 1.165) is 51.0 Å². The average molecular weight is 513 g/mol. The Morgan fingerprint density at radius 3 is 2.70 bits per heavy atom. The van der Waals surface area contributed by atoms with E-state index >= 15 is 0 Å². The van der Waals surface area contributed by atoms with Gasteiger partial charge in [0.1, 0.15) is 11.1 Å². The zero-order valence-corrected chi connectivity index (χ0v) is 21.8. The van der Waals surface area contributed by atoms with Gasteiger partial charge in [-0.2, -0.15) is 10.4 Å². The van der Waals surface area contributed by atoms with E-state index < -0.39 is 0 Å². The summed E-state index contributed by atoms with van der Waals surface area (Å²) in [5.41, 5.74) is 4.88. The first-order valence-electron chi connectivity index (χ1n) is 12.7. The normalized spacial score (nSPS) is 22.5. The zero-order valence-electron chi connectivity index (χ0n) is 21.0. The summed E-state index contributed by atoms with van der Waals surface area (Å²) in [6, 6.07) is 10.4. The van der Waals surface area contributed by atoms with Crippen LogP contribution in [0.1, 0.15) is 56.5 Å². The van der Waals surface area contributed by atoms with E-state index in [1.165, 1.54) is 6.42 Å². The van der Waals surface area contributed by atoms with Gasteiger partial charge in [0.25, 0.3) is 0 Å². The molecular weight excluding hydrogens is 484 g/mol. The van der Waals surface area contributed by atoms with E-state index in [2.05, 4.69) is 45.8 Å². The van der Waals surface area contributed by atoms with E-state index in [0.29, 0.717) is 29.4 Å². The van der Waals surface area contributed by atoms with Crippen LogP contribution < -0.4 is 10.6 Å². The van der Waals surface area contributed by atoms with Gasteiger partial charge in [-0.25, -0.2) is 4.52 Å². The number of fused-ring (bicyclic) bond motifs is 3. The van der Waals surface area contributed by atoms with Crippen molar-refractivity contribution in [3.05, 3.63) is 47.2 Å². The molecule has 3 saturated carbocycles. The van der Waals surface area contributed by atoms with E-state index in [1.54, 1.807) is 29.0 Å². The smallest absolute Gasteiger partial charge is 0.217 e. The topological polar surface area (TPSA) is 121 Å². The van der Waals surface area contributed by atoms with Gasteiger partial charge in [0.15, 0.2) is 5.01 Å². The van der Waals surface area contributed by atoms with Crippen molar-refractivity contribution in [2.75, 3.05) is 5.32 Å². The van der Waals surface area contributed by atoms with Gasteiger partial charge in [-0.15, -0.1) is 10.2 Å². The van der Waals surface area contributed by atoms with Gasteiger partial charge in [-0.3, -0.25) is 9.78 Å². The standard InChI is InChI=1S/C27H28N8OS/c1-14(2)31-22-10-23(24-5-4-20-6-16(11-28)12-30-35(20)24)29-13-21(22)27-34-33-26(37-27)19-8-17-7-18(9-19)25(17)32-15(3)36/h4-6,10,12-14,17-19,25H,7-9H2,1-3H3,(H,29,31)(H,32,36)/t17-,18+,19?,25?. The molecule has 0 aromatic carbocycles. The van der Waals surface area contributed by atoms with Crippen molar-refractivity contribution in [1.29, 1.82) is 5.26 Å². The van der Waals surface area contributed by atoms with Crippen LogP contribution in [0.25, 0.3) is 27.5 Å². The summed E-state index contributed by atoms with van der Waals surface area (Å²) < 4.78 is 1.80. The second-order valence-corrected chi connectivity index (χ2v) is 11.4.